The maximum absolute atomic E-state index is 11.5. The number of carbonyl (C=O) groups is 1. The van der Waals surface area contributed by atoms with Gasteiger partial charge in [0.05, 0.1) is 17.8 Å². The van der Waals surface area contributed by atoms with Crippen molar-refractivity contribution in [3.05, 3.63) is 59.7 Å². The van der Waals surface area contributed by atoms with Gasteiger partial charge in [0.25, 0.3) is 0 Å². The molecule has 1 aliphatic heterocycles. The lowest BCUT2D eigenvalue weighted by Crippen LogP contribution is -2.29. The van der Waals surface area contributed by atoms with E-state index < -0.39 is 6.09 Å². The average Bonchev–Trinajstić information content (AvgIpc) is 3.16. The lowest BCUT2D eigenvalue weighted by atomic mass is 9.81. The van der Waals surface area contributed by atoms with Gasteiger partial charge < -0.3 is 24.7 Å². The van der Waals surface area contributed by atoms with Gasteiger partial charge in [0.15, 0.2) is 5.65 Å². The summed E-state index contributed by atoms with van der Waals surface area (Å²) in [7, 11) is 1.49. The summed E-state index contributed by atoms with van der Waals surface area (Å²) in [5.41, 5.74) is 6.35. The van der Waals surface area contributed by atoms with Gasteiger partial charge in [-0.25, -0.2) is 19.7 Å². The van der Waals surface area contributed by atoms with Gasteiger partial charge in [-0.3, -0.25) is 0 Å². The number of aromatic nitrogens is 5. The van der Waals surface area contributed by atoms with Crippen molar-refractivity contribution in [2.45, 2.75) is 26.8 Å². The van der Waals surface area contributed by atoms with Crippen molar-refractivity contribution in [2.75, 3.05) is 25.1 Å². The molecule has 37 heavy (non-hydrogen) atoms. The number of imidazole rings is 1. The molecule has 0 atom stereocenters. The van der Waals surface area contributed by atoms with E-state index in [2.05, 4.69) is 62.2 Å². The number of hydrogen-bond donors (Lipinski definition) is 2. The first-order valence-electron chi connectivity index (χ1n) is 12.2. The maximum Gasteiger partial charge on any atom is 0.414 e. The van der Waals surface area contributed by atoms with Crippen LogP contribution in [0.15, 0.2) is 42.9 Å². The number of H-pyrrole nitrogens is 1. The Balaban J connectivity index is 1.32. The van der Waals surface area contributed by atoms with E-state index in [9.17, 15) is 4.79 Å². The first kappa shape index (κ1) is 23.0. The van der Waals surface area contributed by atoms with E-state index in [1.807, 2.05) is 18.2 Å². The minimum Gasteiger partial charge on any atom is -0.491 e. The smallest absolute Gasteiger partial charge is 0.414 e. The molecule has 0 radical (unpaired) electrons. The van der Waals surface area contributed by atoms with Crippen molar-refractivity contribution in [3.63, 3.8) is 0 Å². The zero-order valence-electron chi connectivity index (χ0n) is 20.9. The van der Waals surface area contributed by atoms with E-state index in [0.717, 1.165) is 46.9 Å². The minimum atomic E-state index is -0.598. The van der Waals surface area contributed by atoms with Gasteiger partial charge >= 0.3 is 12.1 Å². The predicted octanol–water partition coefficient (Wildman–Crippen LogP) is 4.13. The molecule has 0 bridgehead atoms. The first-order valence-corrected chi connectivity index (χ1v) is 12.2. The van der Waals surface area contributed by atoms with Crippen LogP contribution < -0.4 is 19.7 Å². The summed E-state index contributed by atoms with van der Waals surface area (Å²) >= 11 is 0. The second-order valence-corrected chi connectivity index (χ2v) is 9.93. The van der Waals surface area contributed by atoms with Crippen molar-refractivity contribution in [1.29, 1.82) is 0 Å². The highest BCUT2D eigenvalue weighted by atomic mass is 16.6. The standard InChI is InChI=1S/C27H27N7O3/c1-27(2)7-6-20-19(12-27)24(31-15-30-20)34-8-9-36-22-5-4-16(10-18(22)14-34)17-11-21-23(29-13-17)33-25(32-21)37-26(35)28-3/h4-7,10-11,13,15H,8-9,12,14H2,1-3H3,(H,28,35)(H,29,32,33). The Labute approximate surface area is 213 Å². The SMILES string of the molecule is CNC(=O)Oc1nc2ncc(-c3ccc4c(c3)CN(c3ncnc5c3CC(C)(C)C=C5)CCO4)cc2[nH]1. The number of hydrogen-bond acceptors (Lipinski definition) is 8. The number of allylic oxidation sites excluding steroid dienone is 1. The number of fused-ring (bicyclic) bond motifs is 3. The molecule has 4 heterocycles. The molecule has 10 nitrogen and oxygen atoms in total. The number of benzene rings is 1. The van der Waals surface area contributed by atoms with Crippen LogP contribution in [0.1, 0.15) is 30.7 Å². The van der Waals surface area contributed by atoms with Crippen molar-refractivity contribution >= 4 is 29.2 Å². The second kappa shape index (κ2) is 8.88. The Bertz CT molecular complexity index is 1540. The fourth-order valence-corrected chi connectivity index (χ4v) is 4.80. The summed E-state index contributed by atoms with van der Waals surface area (Å²) in [5.74, 6) is 1.83. The van der Waals surface area contributed by atoms with Gasteiger partial charge in [0, 0.05) is 36.5 Å². The summed E-state index contributed by atoms with van der Waals surface area (Å²) in [6.45, 7) is 6.43. The molecular formula is C27H27N7O3. The van der Waals surface area contributed by atoms with E-state index >= 15 is 0 Å². The molecule has 0 fully saturated rings. The number of pyridine rings is 1. The minimum absolute atomic E-state index is 0.0590. The van der Waals surface area contributed by atoms with E-state index in [4.69, 9.17) is 14.5 Å². The summed E-state index contributed by atoms with van der Waals surface area (Å²) < 4.78 is 11.2. The largest absolute Gasteiger partial charge is 0.491 e. The number of rotatable bonds is 3. The van der Waals surface area contributed by atoms with Gasteiger partial charge in [-0.2, -0.15) is 4.98 Å². The molecular weight excluding hydrogens is 470 g/mol. The molecule has 6 rings (SSSR count). The number of carbonyl (C=O) groups excluding carboxylic acids is 1. The Kier molecular flexibility index (Phi) is 5.51. The number of aromatic amines is 1. The summed E-state index contributed by atoms with van der Waals surface area (Å²) in [4.78, 5) is 34.7. The quantitative estimate of drug-likeness (QED) is 0.434. The van der Waals surface area contributed by atoms with Crippen LogP contribution in [0.5, 0.6) is 11.8 Å². The lowest BCUT2D eigenvalue weighted by molar-refractivity contribution is 0.199. The average molecular weight is 498 g/mol. The zero-order chi connectivity index (χ0) is 25.6. The van der Waals surface area contributed by atoms with Crippen molar-refractivity contribution < 1.29 is 14.3 Å². The highest BCUT2D eigenvalue weighted by Gasteiger charge is 2.27. The molecule has 2 aliphatic rings. The Morgan fingerprint density at radius 2 is 2.08 bits per heavy atom. The number of ether oxygens (including phenoxy) is 2. The molecule has 0 saturated heterocycles. The maximum atomic E-state index is 11.5. The number of amides is 1. The van der Waals surface area contributed by atoms with Crippen LogP contribution in [-0.4, -0.2) is 51.2 Å². The van der Waals surface area contributed by atoms with Crippen molar-refractivity contribution in [3.8, 4) is 22.9 Å². The van der Waals surface area contributed by atoms with E-state index in [1.54, 1.807) is 12.5 Å². The summed E-state index contributed by atoms with van der Waals surface area (Å²) in [6, 6.07) is 8.20. The zero-order valence-corrected chi connectivity index (χ0v) is 20.9. The molecule has 0 saturated carbocycles. The molecule has 1 amide bonds. The number of nitrogens with one attached hydrogen (secondary N) is 2. The normalized spacial score (nSPS) is 15.9. The summed E-state index contributed by atoms with van der Waals surface area (Å²) in [5, 5.41) is 2.40. The fraction of sp³-hybridized carbons (Fsp3) is 0.296. The molecule has 1 aliphatic carbocycles. The third kappa shape index (κ3) is 4.46. The van der Waals surface area contributed by atoms with Gasteiger partial charge in [0.2, 0.25) is 0 Å². The van der Waals surface area contributed by atoms with Crippen LogP contribution in [0.4, 0.5) is 10.6 Å². The van der Waals surface area contributed by atoms with Crippen molar-refractivity contribution in [1.82, 2.24) is 30.2 Å². The molecule has 10 heteroatoms. The number of nitrogens with zero attached hydrogens (tertiary/aromatic N) is 5. The van der Waals surface area contributed by atoms with Crippen LogP contribution in [0.25, 0.3) is 28.4 Å². The Morgan fingerprint density at radius 1 is 1.19 bits per heavy atom. The predicted molar refractivity (Wildman–Crippen MR) is 140 cm³/mol. The van der Waals surface area contributed by atoms with Crippen LogP contribution >= 0.6 is 0 Å². The Hall–Kier alpha value is -4.47. The second-order valence-electron chi connectivity index (χ2n) is 9.93. The van der Waals surface area contributed by atoms with Crippen LogP contribution in [0, 0.1) is 5.41 Å². The van der Waals surface area contributed by atoms with Gasteiger partial charge in [-0.1, -0.05) is 26.0 Å². The highest BCUT2D eigenvalue weighted by molar-refractivity contribution is 5.80. The topological polar surface area (TPSA) is 118 Å². The molecule has 188 valence electrons. The number of anilines is 1. The molecule has 1 aromatic carbocycles. The van der Waals surface area contributed by atoms with E-state index in [1.165, 1.54) is 12.6 Å². The van der Waals surface area contributed by atoms with Gasteiger partial charge in [0.1, 0.15) is 24.5 Å². The molecule has 0 unspecified atom stereocenters. The van der Waals surface area contributed by atoms with Crippen LogP contribution in [0.3, 0.4) is 0 Å². The Morgan fingerprint density at radius 3 is 2.95 bits per heavy atom. The third-order valence-electron chi connectivity index (χ3n) is 6.66. The first-order chi connectivity index (χ1) is 17.9. The molecule has 2 N–H and O–H groups in total. The molecule has 0 spiro atoms. The van der Waals surface area contributed by atoms with Gasteiger partial charge in [-0.15, -0.1) is 0 Å². The monoisotopic (exact) mass is 497 g/mol. The third-order valence-corrected chi connectivity index (χ3v) is 6.66. The van der Waals surface area contributed by atoms with Crippen LogP contribution in [0.2, 0.25) is 0 Å². The fourth-order valence-electron chi connectivity index (χ4n) is 4.80. The highest BCUT2D eigenvalue weighted by Crippen LogP contribution is 2.37. The van der Waals surface area contributed by atoms with Gasteiger partial charge in [-0.05, 0) is 41.7 Å². The van der Waals surface area contributed by atoms with E-state index in [0.29, 0.717) is 24.3 Å². The van der Waals surface area contributed by atoms with E-state index in [-0.39, 0.29) is 11.4 Å². The molecule has 4 aromatic rings. The molecule has 3 aromatic heterocycles. The van der Waals surface area contributed by atoms with Crippen molar-refractivity contribution in [2.24, 2.45) is 5.41 Å². The lowest BCUT2D eigenvalue weighted by Gasteiger charge is -2.30. The van der Waals surface area contributed by atoms with Crippen LogP contribution in [-0.2, 0) is 13.0 Å². The summed E-state index contributed by atoms with van der Waals surface area (Å²) in [6.07, 6.45) is 8.03.